The average molecular weight is 306 g/mol. The molecule has 0 aliphatic carbocycles. The summed E-state index contributed by atoms with van der Waals surface area (Å²) in [6, 6.07) is 0. The first-order valence-corrected chi connectivity index (χ1v) is 10.2. The Labute approximate surface area is 126 Å². The molecule has 0 aromatic carbocycles. The summed E-state index contributed by atoms with van der Waals surface area (Å²) in [6.45, 7) is 8.34. The lowest BCUT2D eigenvalue weighted by atomic mass is 10.1. The summed E-state index contributed by atoms with van der Waals surface area (Å²) in [5, 5.41) is 0. The molecule has 0 amide bonds. The Bertz CT molecular complexity index is 268. The monoisotopic (exact) mass is 306 g/mol. The Hall–Kier alpha value is 0.150. The molecule has 20 heavy (non-hydrogen) atoms. The molecule has 3 unspecified atom stereocenters. The van der Waals surface area contributed by atoms with Crippen molar-refractivity contribution >= 4 is 7.60 Å². The highest BCUT2D eigenvalue weighted by molar-refractivity contribution is 7.53. The summed E-state index contributed by atoms with van der Waals surface area (Å²) < 4.78 is 18.1. The van der Waals surface area contributed by atoms with E-state index in [0.29, 0.717) is 0 Å². The molecule has 0 spiro atoms. The van der Waals surface area contributed by atoms with Gasteiger partial charge in [-0.05, 0) is 25.7 Å². The number of hydrogen-bond acceptors (Lipinski definition) is 2. The van der Waals surface area contributed by atoms with Crippen LogP contribution in [0.1, 0.15) is 91.9 Å². The molecule has 4 heteroatoms. The molecule has 0 aromatic rings. The quantitative estimate of drug-likeness (QED) is 0.340. The van der Waals surface area contributed by atoms with Gasteiger partial charge in [0.15, 0.2) is 0 Å². The van der Waals surface area contributed by atoms with Gasteiger partial charge in [0, 0.05) is 0 Å². The van der Waals surface area contributed by atoms with E-state index >= 15 is 0 Å². The van der Waals surface area contributed by atoms with Crippen LogP contribution in [0.4, 0.5) is 0 Å². The van der Waals surface area contributed by atoms with Crippen LogP contribution in [0.15, 0.2) is 0 Å². The second-order valence-corrected chi connectivity index (χ2v) is 7.82. The molecule has 0 rings (SSSR count). The van der Waals surface area contributed by atoms with Crippen LogP contribution in [-0.2, 0) is 9.09 Å². The zero-order valence-electron chi connectivity index (χ0n) is 13.9. The first kappa shape index (κ1) is 20.1. The second kappa shape index (κ2) is 11.8. The number of unbranched alkanes of at least 4 members (excludes halogenated alkanes) is 4. The van der Waals surface area contributed by atoms with Crippen LogP contribution < -0.4 is 0 Å². The van der Waals surface area contributed by atoms with Crippen molar-refractivity contribution in [2.75, 3.05) is 0 Å². The zero-order valence-corrected chi connectivity index (χ0v) is 14.8. The summed E-state index contributed by atoms with van der Waals surface area (Å²) >= 11 is 0. The van der Waals surface area contributed by atoms with Crippen LogP contribution in [-0.4, -0.2) is 16.7 Å². The van der Waals surface area contributed by atoms with Crippen molar-refractivity contribution in [3.63, 3.8) is 0 Å². The minimum Gasteiger partial charge on any atom is -0.324 e. The van der Waals surface area contributed by atoms with E-state index in [1.165, 1.54) is 12.8 Å². The Morgan fingerprint density at radius 3 is 1.90 bits per heavy atom. The zero-order chi connectivity index (χ0) is 15.4. The Morgan fingerprint density at radius 1 is 0.900 bits per heavy atom. The summed E-state index contributed by atoms with van der Waals surface area (Å²) in [4.78, 5) is 10.3. The van der Waals surface area contributed by atoms with Crippen LogP contribution in [0.2, 0.25) is 0 Å². The van der Waals surface area contributed by atoms with E-state index < -0.39 is 7.60 Å². The normalized spacial score (nSPS) is 17.6. The fourth-order valence-corrected chi connectivity index (χ4v) is 4.31. The lowest BCUT2D eigenvalue weighted by molar-refractivity contribution is 0.152. The molecule has 3 nitrogen and oxygen atoms in total. The van der Waals surface area contributed by atoms with Crippen LogP contribution in [0, 0.1) is 0 Å². The third-order valence-electron chi connectivity index (χ3n) is 3.96. The summed E-state index contributed by atoms with van der Waals surface area (Å²) in [5.74, 6) is 0. The van der Waals surface area contributed by atoms with Gasteiger partial charge in [0.2, 0.25) is 0 Å². The number of hydrogen-bond donors (Lipinski definition) is 1. The van der Waals surface area contributed by atoms with E-state index in [9.17, 15) is 9.46 Å². The molecule has 0 radical (unpaired) electrons. The van der Waals surface area contributed by atoms with Crippen LogP contribution >= 0.6 is 7.60 Å². The SMILES string of the molecule is CCCCCC(CC)OP(=O)(O)C(CC)CCCCC. The molecular formula is C16H35O3P. The van der Waals surface area contributed by atoms with Gasteiger partial charge in [-0.2, -0.15) is 0 Å². The Morgan fingerprint density at radius 2 is 1.45 bits per heavy atom. The molecule has 1 N–H and O–H groups in total. The maximum absolute atomic E-state index is 12.5. The van der Waals surface area contributed by atoms with Gasteiger partial charge in [0.05, 0.1) is 11.8 Å². The summed E-state index contributed by atoms with van der Waals surface area (Å²) in [7, 11) is -3.46. The third-order valence-corrected chi connectivity index (χ3v) is 6.11. The van der Waals surface area contributed by atoms with E-state index in [4.69, 9.17) is 4.52 Å². The molecule has 0 fully saturated rings. The van der Waals surface area contributed by atoms with Crippen molar-refractivity contribution in [1.82, 2.24) is 0 Å². The van der Waals surface area contributed by atoms with Gasteiger partial charge in [-0.15, -0.1) is 0 Å². The third kappa shape index (κ3) is 8.44. The highest BCUT2D eigenvalue weighted by Gasteiger charge is 2.32. The smallest absolute Gasteiger partial charge is 0.324 e. The lowest BCUT2D eigenvalue weighted by Crippen LogP contribution is -2.17. The van der Waals surface area contributed by atoms with E-state index in [2.05, 4.69) is 13.8 Å². The first-order valence-electron chi connectivity index (χ1n) is 8.52. The van der Waals surface area contributed by atoms with E-state index in [1.54, 1.807) is 0 Å². The molecule has 0 saturated carbocycles. The fourth-order valence-electron chi connectivity index (χ4n) is 2.48. The van der Waals surface area contributed by atoms with Gasteiger partial charge in [-0.25, -0.2) is 0 Å². The highest BCUT2D eigenvalue weighted by atomic mass is 31.2. The molecule has 0 saturated heterocycles. The standard InChI is InChI=1S/C16H35O3P/c1-5-9-11-13-15(7-3)19-20(17,18)16(8-4)14-12-10-6-2/h15-16H,5-14H2,1-4H3,(H,17,18). The summed E-state index contributed by atoms with van der Waals surface area (Å²) in [6.07, 6.45) is 9.91. The molecule has 0 aromatic heterocycles. The fraction of sp³-hybridized carbons (Fsp3) is 1.00. The molecule has 122 valence electrons. The van der Waals surface area contributed by atoms with Crippen molar-refractivity contribution < 1.29 is 14.0 Å². The predicted molar refractivity (Wildman–Crippen MR) is 87.4 cm³/mol. The minimum atomic E-state index is -3.46. The van der Waals surface area contributed by atoms with Gasteiger partial charge in [0.1, 0.15) is 0 Å². The lowest BCUT2D eigenvalue weighted by Gasteiger charge is -2.26. The molecule has 0 bridgehead atoms. The van der Waals surface area contributed by atoms with Gasteiger partial charge in [-0.3, -0.25) is 4.57 Å². The van der Waals surface area contributed by atoms with E-state index in [0.717, 1.165) is 51.4 Å². The molecule has 3 atom stereocenters. The van der Waals surface area contributed by atoms with Crippen LogP contribution in [0.25, 0.3) is 0 Å². The Balaban J connectivity index is 4.37. The summed E-state index contributed by atoms with van der Waals surface area (Å²) in [5.41, 5.74) is -0.186. The first-order chi connectivity index (χ1) is 9.51. The molecule has 0 aliphatic heterocycles. The maximum Gasteiger partial charge on any atom is 0.331 e. The average Bonchev–Trinajstić information content (AvgIpc) is 2.42. The molecular weight excluding hydrogens is 271 g/mol. The Kier molecular flexibility index (Phi) is 11.9. The predicted octanol–water partition coefficient (Wildman–Crippen LogP) is 5.91. The highest BCUT2D eigenvalue weighted by Crippen LogP contribution is 2.52. The van der Waals surface area contributed by atoms with Crippen molar-refractivity contribution in [3.8, 4) is 0 Å². The van der Waals surface area contributed by atoms with Gasteiger partial charge < -0.3 is 9.42 Å². The van der Waals surface area contributed by atoms with Crippen molar-refractivity contribution in [1.29, 1.82) is 0 Å². The van der Waals surface area contributed by atoms with Crippen molar-refractivity contribution in [3.05, 3.63) is 0 Å². The van der Waals surface area contributed by atoms with E-state index in [-0.39, 0.29) is 11.8 Å². The van der Waals surface area contributed by atoms with Crippen LogP contribution in [0.3, 0.4) is 0 Å². The molecule has 0 heterocycles. The maximum atomic E-state index is 12.5. The number of rotatable bonds is 13. The second-order valence-electron chi connectivity index (χ2n) is 5.75. The van der Waals surface area contributed by atoms with E-state index in [1.807, 2.05) is 13.8 Å². The van der Waals surface area contributed by atoms with Gasteiger partial charge >= 0.3 is 7.60 Å². The largest absolute Gasteiger partial charge is 0.331 e. The molecule has 0 aliphatic rings. The topological polar surface area (TPSA) is 46.5 Å². The van der Waals surface area contributed by atoms with Crippen molar-refractivity contribution in [2.24, 2.45) is 0 Å². The van der Waals surface area contributed by atoms with Gasteiger partial charge in [0.25, 0.3) is 0 Å². The minimum absolute atomic E-state index is 0.0578. The van der Waals surface area contributed by atoms with Crippen molar-refractivity contribution in [2.45, 2.75) is 104 Å². The van der Waals surface area contributed by atoms with Crippen LogP contribution in [0.5, 0.6) is 0 Å². The van der Waals surface area contributed by atoms with Gasteiger partial charge in [-0.1, -0.05) is 66.2 Å².